The summed E-state index contributed by atoms with van der Waals surface area (Å²) in [4.78, 5) is 15.2. The maximum absolute atomic E-state index is 12.5. The zero-order chi connectivity index (χ0) is 16.9. The number of carbonyl (C=O) groups excluding carboxylic acids is 1. The minimum Gasteiger partial charge on any atom is -0.368 e. The Morgan fingerprint density at radius 2 is 2.12 bits per heavy atom. The molecule has 0 spiro atoms. The Morgan fingerprint density at radius 1 is 1.38 bits per heavy atom. The lowest BCUT2D eigenvalue weighted by atomic mass is 9.58. The van der Waals surface area contributed by atoms with Crippen LogP contribution in [0.4, 0.5) is 0 Å². The minimum absolute atomic E-state index is 0.150. The van der Waals surface area contributed by atoms with Gasteiger partial charge in [-0.25, -0.2) is 0 Å². The molecule has 5 atom stereocenters. The Labute approximate surface area is 144 Å². The van der Waals surface area contributed by atoms with E-state index in [4.69, 9.17) is 5.73 Å². The monoisotopic (exact) mass is 327 g/mol. The fraction of sp³-hybridized carbons (Fsp3) is 0.650. The van der Waals surface area contributed by atoms with E-state index in [0.29, 0.717) is 23.8 Å². The Balaban J connectivity index is 1.70. The minimum atomic E-state index is -0.522. The molecule has 1 unspecified atom stereocenters. The number of carbonyl (C=O) groups is 1. The fourth-order valence-electron chi connectivity index (χ4n) is 5.72. The van der Waals surface area contributed by atoms with Crippen LogP contribution in [0.25, 0.3) is 0 Å². The second-order valence-electron chi connectivity index (χ2n) is 8.48. The third kappa shape index (κ3) is 2.39. The Hall–Kier alpha value is -1.39. The standard InChI is InChI=1S/C20H29N3O/c1-13(2)11-23-12-15-9-20(19(21)24)17(18(23)16(15)10-22-20)8-14-6-4-3-5-7-14/h3-7,13,15-18,22H,8-12H2,1-2H3,(H2,21,24)/t15-,16-,17-,18?,20+/m1/s1. The molecule has 5 rings (SSSR count). The molecule has 24 heavy (non-hydrogen) atoms. The van der Waals surface area contributed by atoms with Gasteiger partial charge in [0.2, 0.25) is 5.91 Å². The molecular weight excluding hydrogens is 298 g/mol. The van der Waals surface area contributed by atoms with Crippen LogP contribution in [0, 0.1) is 23.7 Å². The van der Waals surface area contributed by atoms with Crippen molar-refractivity contribution < 1.29 is 4.79 Å². The van der Waals surface area contributed by atoms with Crippen LogP contribution < -0.4 is 11.1 Å². The first kappa shape index (κ1) is 16.1. The van der Waals surface area contributed by atoms with Crippen LogP contribution in [-0.2, 0) is 11.2 Å². The molecule has 0 aromatic heterocycles. The highest BCUT2D eigenvalue weighted by Crippen LogP contribution is 2.52. The van der Waals surface area contributed by atoms with Gasteiger partial charge in [-0.2, -0.15) is 0 Å². The lowest BCUT2D eigenvalue weighted by Gasteiger charge is -2.55. The van der Waals surface area contributed by atoms with Crippen molar-refractivity contribution in [3.63, 3.8) is 0 Å². The van der Waals surface area contributed by atoms with E-state index in [2.05, 4.69) is 54.4 Å². The van der Waals surface area contributed by atoms with E-state index in [1.165, 1.54) is 5.56 Å². The maximum Gasteiger partial charge on any atom is 0.238 e. The van der Waals surface area contributed by atoms with Crippen molar-refractivity contribution >= 4 is 5.91 Å². The van der Waals surface area contributed by atoms with Crippen LogP contribution in [-0.4, -0.2) is 42.0 Å². The zero-order valence-electron chi connectivity index (χ0n) is 14.7. The molecule has 4 aliphatic rings. The summed E-state index contributed by atoms with van der Waals surface area (Å²) in [5, 5.41) is 3.58. The molecular formula is C20H29N3O. The molecule has 1 saturated carbocycles. The van der Waals surface area contributed by atoms with Gasteiger partial charge in [0.15, 0.2) is 0 Å². The molecule has 4 fully saturated rings. The smallest absolute Gasteiger partial charge is 0.238 e. The van der Waals surface area contributed by atoms with Gasteiger partial charge in [-0.15, -0.1) is 0 Å². The van der Waals surface area contributed by atoms with Gasteiger partial charge < -0.3 is 11.1 Å². The average molecular weight is 327 g/mol. The van der Waals surface area contributed by atoms with Crippen LogP contribution in [0.1, 0.15) is 25.8 Å². The number of nitrogens with two attached hydrogens (primary N) is 1. The van der Waals surface area contributed by atoms with Crippen molar-refractivity contribution in [2.24, 2.45) is 29.4 Å². The molecule has 130 valence electrons. The van der Waals surface area contributed by atoms with E-state index in [1.807, 2.05) is 0 Å². The van der Waals surface area contributed by atoms with Crippen molar-refractivity contribution in [1.29, 1.82) is 0 Å². The molecule has 1 aromatic rings. The van der Waals surface area contributed by atoms with Crippen LogP contribution in [0.15, 0.2) is 30.3 Å². The van der Waals surface area contributed by atoms with Gasteiger partial charge in [0.05, 0.1) is 0 Å². The number of rotatable bonds is 5. The van der Waals surface area contributed by atoms with E-state index in [-0.39, 0.29) is 11.8 Å². The summed E-state index contributed by atoms with van der Waals surface area (Å²) in [5.74, 6) is 2.06. The molecule has 1 aromatic carbocycles. The van der Waals surface area contributed by atoms with E-state index >= 15 is 0 Å². The third-order valence-electron chi connectivity index (χ3n) is 6.56. The predicted octanol–water partition coefficient (Wildman–Crippen LogP) is 1.65. The second kappa shape index (κ2) is 5.85. The molecule has 3 saturated heterocycles. The number of piperidine rings is 2. The highest BCUT2D eigenvalue weighted by Gasteiger charge is 2.64. The first-order valence-electron chi connectivity index (χ1n) is 9.34. The first-order valence-corrected chi connectivity index (χ1v) is 9.34. The topological polar surface area (TPSA) is 58.4 Å². The number of nitrogens with one attached hydrogen (secondary N) is 1. The van der Waals surface area contributed by atoms with Crippen molar-refractivity contribution in [2.45, 2.75) is 38.3 Å². The number of primary amides is 1. The van der Waals surface area contributed by atoms with Crippen molar-refractivity contribution in [2.75, 3.05) is 19.6 Å². The van der Waals surface area contributed by atoms with Crippen LogP contribution in [0.5, 0.6) is 0 Å². The Kier molecular flexibility index (Phi) is 3.92. The van der Waals surface area contributed by atoms with Crippen molar-refractivity contribution in [3.05, 3.63) is 35.9 Å². The van der Waals surface area contributed by atoms with Gasteiger partial charge in [0.25, 0.3) is 0 Å². The Bertz CT molecular complexity index is 617. The van der Waals surface area contributed by atoms with Gasteiger partial charge in [0.1, 0.15) is 5.54 Å². The van der Waals surface area contributed by atoms with Crippen LogP contribution in [0.3, 0.4) is 0 Å². The van der Waals surface area contributed by atoms with E-state index < -0.39 is 5.54 Å². The fourth-order valence-corrected chi connectivity index (χ4v) is 5.72. The summed E-state index contributed by atoms with van der Waals surface area (Å²) in [5.41, 5.74) is 6.75. The number of benzene rings is 1. The number of amides is 1. The number of fused-ring (bicyclic) bond motifs is 1. The second-order valence-corrected chi connectivity index (χ2v) is 8.48. The van der Waals surface area contributed by atoms with E-state index in [9.17, 15) is 4.79 Å². The summed E-state index contributed by atoms with van der Waals surface area (Å²) in [6, 6.07) is 11.1. The molecule has 3 aliphatic heterocycles. The molecule has 4 heteroatoms. The largest absolute Gasteiger partial charge is 0.368 e. The SMILES string of the molecule is CC(C)CN1C[C@H]2C[C@]3(C(N)=O)NC[C@H]2C1[C@H]3Cc1ccccc1. The van der Waals surface area contributed by atoms with Gasteiger partial charge in [-0.1, -0.05) is 44.2 Å². The first-order chi connectivity index (χ1) is 11.5. The summed E-state index contributed by atoms with van der Waals surface area (Å²) in [7, 11) is 0. The van der Waals surface area contributed by atoms with E-state index in [1.54, 1.807) is 0 Å². The summed E-state index contributed by atoms with van der Waals surface area (Å²) < 4.78 is 0. The molecule has 0 radical (unpaired) electrons. The molecule has 3 heterocycles. The molecule has 3 N–H and O–H groups in total. The van der Waals surface area contributed by atoms with Crippen molar-refractivity contribution in [1.82, 2.24) is 10.2 Å². The maximum atomic E-state index is 12.5. The third-order valence-corrected chi connectivity index (χ3v) is 6.56. The highest BCUT2D eigenvalue weighted by molar-refractivity contribution is 5.86. The van der Waals surface area contributed by atoms with Gasteiger partial charge in [-0.3, -0.25) is 9.69 Å². The number of hydrogen-bond donors (Lipinski definition) is 2. The molecule has 1 aliphatic carbocycles. The molecule has 4 bridgehead atoms. The molecule has 1 amide bonds. The van der Waals surface area contributed by atoms with Gasteiger partial charge in [0, 0.05) is 31.6 Å². The Morgan fingerprint density at radius 3 is 2.79 bits per heavy atom. The summed E-state index contributed by atoms with van der Waals surface area (Å²) >= 11 is 0. The lowest BCUT2D eigenvalue weighted by molar-refractivity contribution is -0.135. The molecule has 4 nitrogen and oxygen atoms in total. The van der Waals surface area contributed by atoms with Crippen molar-refractivity contribution in [3.8, 4) is 0 Å². The summed E-state index contributed by atoms with van der Waals surface area (Å²) in [6.07, 6.45) is 1.84. The van der Waals surface area contributed by atoms with Crippen LogP contribution >= 0.6 is 0 Å². The lowest BCUT2D eigenvalue weighted by Crippen LogP contribution is -2.74. The summed E-state index contributed by atoms with van der Waals surface area (Å²) in [6.45, 7) is 7.77. The van der Waals surface area contributed by atoms with Crippen LogP contribution in [0.2, 0.25) is 0 Å². The number of nitrogens with zero attached hydrogens (tertiary/aromatic N) is 1. The van der Waals surface area contributed by atoms with Gasteiger partial charge >= 0.3 is 0 Å². The normalized spacial score (nSPS) is 38.0. The van der Waals surface area contributed by atoms with E-state index in [0.717, 1.165) is 32.5 Å². The highest BCUT2D eigenvalue weighted by atomic mass is 16.1. The zero-order valence-corrected chi connectivity index (χ0v) is 14.7. The number of hydrogen-bond acceptors (Lipinski definition) is 3. The number of likely N-dealkylation sites (tertiary alicyclic amines) is 1. The quantitative estimate of drug-likeness (QED) is 0.864. The average Bonchev–Trinajstić information content (AvgIpc) is 2.84. The predicted molar refractivity (Wildman–Crippen MR) is 95.4 cm³/mol. The van der Waals surface area contributed by atoms with Gasteiger partial charge in [-0.05, 0) is 36.2 Å².